The molecule has 0 spiro atoms. The van der Waals surface area contributed by atoms with Crippen molar-refractivity contribution in [2.24, 2.45) is 0 Å². The number of methoxy groups -OCH3 is 1. The van der Waals surface area contributed by atoms with Gasteiger partial charge in [0, 0.05) is 30.2 Å². The van der Waals surface area contributed by atoms with Gasteiger partial charge in [-0.25, -0.2) is 0 Å². The van der Waals surface area contributed by atoms with Gasteiger partial charge in [-0.15, -0.1) is 0 Å². The van der Waals surface area contributed by atoms with Gasteiger partial charge in [0.1, 0.15) is 5.82 Å². The molecule has 37 heavy (non-hydrogen) atoms. The Balaban J connectivity index is 0.000000412. The molecule has 0 unspecified atom stereocenters. The highest BCUT2D eigenvalue weighted by Gasteiger charge is 2.33. The van der Waals surface area contributed by atoms with Crippen molar-refractivity contribution in [2.75, 3.05) is 63.7 Å². The van der Waals surface area contributed by atoms with Crippen molar-refractivity contribution in [2.45, 2.75) is 31.8 Å². The molecule has 0 saturated carbocycles. The number of hydrogen-bond donors (Lipinski definition) is 0. The third-order valence-electron chi connectivity index (χ3n) is 7.59. The number of likely N-dealkylation sites (N-methyl/N-ethyl adjacent to an activating group) is 1. The van der Waals surface area contributed by atoms with Gasteiger partial charge in [0.25, 0.3) is 0 Å². The first-order valence-corrected chi connectivity index (χ1v) is 13.3. The third-order valence-corrected chi connectivity index (χ3v) is 7.91. The number of fused-ring (bicyclic) bond motifs is 2. The number of halogens is 1. The van der Waals surface area contributed by atoms with Gasteiger partial charge in [0.15, 0.2) is 6.19 Å². The van der Waals surface area contributed by atoms with Crippen LogP contribution in [-0.2, 0) is 13.0 Å². The normalized spacial score (nSPS) is 17.5. The molecule has 2 aromatic carbocycles. The molecule has 1 aromatic heterocycles. The molecule has 2 saturated heterocycles. The van der Waals surface area contributed by atoms with Crippen molar-refractivity contribution in [3.8, 4) is 12.2 Å². The highest BCUT2D eigenvalue weighted by Crippen LogP contribution is 2.37. The number of aromatic nitrogens is 2. The van der Waals surface area contributed by atoms with Crippen LogP contribution in [0.1, 0.15) is 24.1 Å². The Morgan fingerprint density at radius 1 is 1.08 bits per heavy atom. The molecule has 0 bridgehead atoms. The number of nitrogens with zero attached hydrogens (tertiary/aromatic N) is 7. The summed E-state index contributed by atoms with van der Waals surface area (Å²) < 4.78 is 5.42. The number of nitriles is 1. The average Bonchev–Trinajstić information content (AvgIpc) is 3.38. The van der Waals surface area contributed by atoms with Crippen LogP contribution >= 0.6 is 11.6 Å². The fraction of sp³-hybridized carbons (Fsp3) is 0.464. The quantitative estimate of drug-likeness (QED) is 0.476. The first kappa shape index (κ1) is 25.4. The van der Waals surface area contributed by atoms with Crippen LogP contribution in [0.4, 0.5) is 11.5 Å². The molecule has 8 nitrogen and oxygen atoms in total. The second-order valence-electron chi connectivity index (χ2n) is 10.0. The van der Waals surface area contributed by atoms with Crippen molar-refractivity contribution in [3.05, 3.63) is 52.7 Å². The molecule has 0 radical (unpaired) electrons. The Bertz CT molecular complexity index is 1290. The van der Waals surface area contributed by atoms with Gasteiger partial charge in [-0.2, -0.15) is 15.2 Å². The van der Waals surface area contributed by atoms with Gasteiger partial charge in [0.05, 0.1) is 43.5 Å². The Morgan fingerprint density at radius 2 is 1.81 bits per heavy atom. The van der Waals surface area contributed by atoms with Crippen molar-refractivity contribution in [3.63, 3.8) is 0 Å². The summed E-state index contributed by atoms with van der Waals surface area (Å²) in [5, 5.41) is 12.0. The summed E-state index contributed by atoms with van der Waals surface area (Å²) in [5.41, 5.74) is 3.24. The van der Waals surface area contributed by atoms with Gasteiger partial charge in [-0.1, -0.05) is 35.9 Å². The van der Waals surface area contributed by atoms with Crippen molar-refractivity contribution >= 4 is 33.9 Å². The highest BCUT2D eigenvalue weighted by atomic mass is 35.5. The molecule has 9 heteroatoms. The number of rotatable bonds is 4. The van der Waals surface area contributed by atoms with Crippen LogP contribution < -0.4 is 14.5 Å². The topological polar surface area (TPSA) is 71.8 Å². The SMILES string of the molecule is CN1CCCC1.COc1nc2c(c(N(C)C3CN(C#N)C3)n1)CCN(c1cccc3cccc(Cl)c13)C2. The van der Waals surface area contributed by atoms with E-state index in [0.29, 0.717) is 25.6 Å². The Kier molecular flexibility index (Phi) is 7.54. The van der Waals surface area contributed by atoms with E-state index in [1.165, 1.54) is 25.9 Å². The summed E-state index contributed by atoms with van der Waals surface area (Å²) in [6.07, 6.45) is 5.85. The maximum Gasteiger partial charge on any atom is 0.318 e. The molecule has 6 rings (SSSR count). The van der Waals surface area contributed by atoms with Crippen LogP contribution in [0.3, 0.4) is 0 Å². The monoisotopic (exact) mass is 519 g/mol. The number of benzene rings is 2. The molecule has 2 fully saturated rings. The fourth-order valence-corrected chi connectivity index (χ4v) is 5.63. The van der Waals surface area contributed by atoms with E-state index in [1.807, 2.05) is 19.2 Å². The van der Waals surface area contributed by atoms with Crippen molar-refractivity contribution in [1.82, 2.24) is 19.8 Å². The summed E-state index contributed by atoms with van der Waals surface area (Å²) in [7, 11) is 5.81. The second-order valence-corrected chi connectivity index (χ2v) is 10.4. The zero-order valence-corrected chi connectivity index (χ0v) is 22.6. The molecule has 194 valence electrons. The van der Waals surface area contributed by atoms with E-state index in [4.69, 9.17) is 21.6 Å². The van der Waals surface area contributed by atoms with Crippen LogP contribution in [0.15, 0.2) is 36.4 Å². The molecule has 3 aromatic rings. The Hall–Kier alpha value is -3.28. The van der Waals surface area contributed by atoms with Gasteiger partial charge in [-0.05, 0) is 56.9 Å². The van der Waals surface area contributed by atoms with Crippen LogP contribution in [0.5, 0.6) is 6.01 Å². The van der Waals surface area contributed by atoms with Crippen LogP contribution in [-0.4, -0.2) is 79.7 Å². The number of ether oxygens (including phenoxy) is 1. The van der Waals surface area contributed by atoms with E-state index < -0.39 is 0 Å². The predicted molar refractivity (Wildman–Crippen MR) is 148 cm³/mol. The van der Waals surface area contributed by atoms with Gasteiger partial charge >= 0.3 is 6.01 Å². The van der Waals surface area contributed by atoms with Crippen LogP contribution in [0, 0.1) is 11.5 Å². The number of anilines is 2. The highest BCUT2D eigenvalue weighted by molar-refractivity contribution is 6.36. The Labute approximate surface area is 224 Å². The molecule has 3 aliphatic rings. The lowest BCUT2D eigenvalue weighted by molar-refractivity contribution is 0.227. The maximum atomic E-state index is 9.06. The molecule has 0 atom stereocenters. The number of likely N-dealkylation sites (tertiary alicyclic amines) is 2. The molecule has 0 N–H and O–H groups in total. The summed E-state index contributed by atoms with van der Waals surface area (Å²) in [4.78, 5) is 18.0. The molecule has 3 aliphatic heterocycles. The lowest BCUT2D eigenvalue weighted by Gasteiger charge is -2.42. The minimum absolute atomic E-state index is 0.262. The predicted octanol–water partition coefficient (Wildman–Crippen LogP) is 4.17. The van der Waals surface area contributed by atoms with Crippen LogP contribution in [0.2, 0.25) is 5.02 Å². The van der Waals surface area contributed by atoms with Crippen LogP contribution in [0.25, 0.3) is 10.8 Å². The van der Waals surface area contributed by atoms with Crippen molar-refractivity contribution < 1.29 is 4.74 Å². The summed E-state index contributed by atoms with van der Waals surface area (Å²) in [5.74, 6) is 0.903. The first-order chi connectivity index (χ1) is 18.0. The second kappa shape index (κ2) is 11.0. The van der Waals surface area contributed by atoms with Gasteiger partial charge in [0.2, 0.25) is 0 Å². The fourth-order valence-electron chi connectivity index (χ4n) is 5.35. The molecule has 0 aliphatic carbocycles. The molecular formula is C28H34ClN7O. The minimum atomic E-state index is 0.262. The zero-order chi connectivity index (χ0) is 25.9. The lowest BCUT2D eigenvalue weighted by atomic mass is 10.0. The Morgan fingerprint density at radius 3 is 2.46 bits per heavy atom. The average molecular weight is 520 g/mol. The van der Waals surface area contributed by atoms with E-state index in [0.717, 1.165) is 51.5 Å². The zero-order valence-electron chi connectivity index (χ0n) is 21.8. The van der Waals surface area contributed by atoms with Gasteiger partial charge in [-0.3, -0.25) is 0 Å². The van der Waals surface area contributed by atoms with E-state index >= 15 is 0 Å². The largest absolute Gasteiger partial charge is 0.467 e. The van der Waals surface area contributed by atoms with E-state index in [1.54, 1.807) is 12.0 Å². The molecule has 4 heterocycles. The van der Waals surface area contributed by atoms with E-state index in [9.17, 15) is 0 Å². The van der Waals surface area contributed by atoms with Gasteiger partial charge < -0.3 is 24.3 Å². The molecule has 0 amide bonds. The summed E-state index contributed by atoms with van der Waals surface area (Å²) in [6, 6.07) is 12.9. The first-order valence-electron chi connectivity index (χ1n) is 12.9. The standard InChI is InChI=1S/C23H23ClN6O.C5H11N/c1-28(16-11-29(12-16)14-25)22-17-9-10-30(13-19(17)26-23(27-22)31-2)20-8-4-6-15-5-3-7-18(24)21(15)20;1-6-4-2-3-5-6/h3-8,16H,9-13H2,1-2H3;2-5H2,1H3. The van der Waals surface area contributed by atoms with E-state index in [2.05, 4.69) is 62.2 Å². The summed E-state index contributed by atoms with van der Waals surface area (Å²) >= 11 is 6.57. The van der Waals surface area contributed by atoms with Crippen molar-refractivity contribution in [1.29, 1.82) is 5.26 Å². The smallest absolute Gasteiger partial charge is 0.318 e. The minimum Gasteiger partial charge on any atom is -0.467 e. The lowest BCUT2D eigenvalue weighted by Crippen LogP contribution is -2.57. The summed E-state index contributed by atoms with van der Waals surface area (Å²) in [6.45, 7) is 5.58. The third kappa shape index (κ3) is 5.25. The van der Waals surface area contributed by atoms with E-state index in [-0.39, 0.29) is 6.04 Å². The molecular weight excluding hydrogens is 486 g/mol. The number of hydrogen-bond acceptors (Lipinski definition) is 8. The maximum absolute atomic E-state index is 9.06.